The van der Waals surface area contributed by atoms with E-state index in [0.717, 1.165) is 5.69 Å². The van der Waals surface area contributed by atoms with Gasteiger partial charge in [0.15, 0.2) is 0 Å². The minimum Gasteiger partial charge on any atom is -0.550 e. The van der Waals surface area contributed by atoms with Gasteiger partial charge in [-0.2, -0.15) is 0 Å². The predicted octanol–water partition coefficient (Wildman–Crippen LogP) is 0.247. The molecule has 1 N–H and O–H groups in total. The van der Waals surface area contributed by atoms with Crippen molar-refractivity contribution in [2.45, 2.75) is 6.42 Å². The van der Waals surface area contributed by atoms with Gasteiger partial charge < -0.3 is 20.0 Å². The summed E-state index contributed by atoms with van der Waals surface area (Å²) in [5, 5.41) is 13.1. The van der Waals surface area contributed by atoms with E-state index in [1.54, 1.807) is 13.2 Å². The molecule has 0 amide bonds. The SMILES string of the molecule is COc1ccccc1NCCC(=O)[O-]. The Balaban J connectivity index is 2.53. The minimum atomic E-state index is -1.06. The van der Waals surface area contributed by atoms with Gasteiger partial charge in [-0.3, -0.25) is 0 Å². The van der Waals surface area contributed by atoms with Crippen molar-refractivity contribution in [1.29, 1.82) is 0 Å². The molecule has 0 aliphatic rings. The quantitative estimate of drug-likeness (QED) is 0.729. The van der Waals surface area contributed by atoms with E-state index in [9.17, 15) is 9.90 Å². The zero-order valence-corrected chi connectivity index (χ0v) is 7.95. The molecule has 0 aliphatic heterocycles. The van der Waals surface area contributed by atoms with Crippen molar-refractivity contribution in [1.82, 2.24) is 0 Å². The Hall–Kier alpha value is -1.71. The summed E-state index contributed by atoms with van der Waals surface area (Å²) in [6.45, 7) is 0.336. The fourth-order valence-corrected chi connectivity index (χ4v) is 1.09. The maximum atomic E-state index is 10.2. The number of carboxylic acids is 1. The Morgan fingerprint density at radius 3 is 2.86 bits per heavy atom. The number of anilines is 1. The number of carbonyl (C=O) groups is 1. The average Bonchev–Trinajstić information content (AvgIpc) is 2.18. The van der Waals surface area contributed by atoms with Crippen LogP contribution in [0.1, 0.15) is 6.42 Å². The van der Waals surface area contributed by atoms with E-state index in [0.29, 0.717) is 12.3 Å². The average molecular weight is 194 g/mol. The van der Waals surface area contributed by atoms with Crippen LogP contribution >= 0.6 is 0 Å². The van der Waals surface area contributed by atoms with Gasteiger partial charge in [-0.15, -0.1) is 0 Å². The van der Waals surface area contributed by atoms with E-state index >= 15 is 0 Å². The minimum absolute atomic E-state index is 0.0158. The van der Waals surface area contributed by atoms with Crippen molar-refractivity contribution >= 4 is 11.7 Å². The van der Waals surface area contributed by atoms with Crippen LogP contribution < -0.4 is 15.2 Å². The molecule has 1 aromatic rings. The molecule has 0 atom stereocenters. The zero-order chi connectivity index (χ0) is 10.4. The Labute approximate surface area is 82.5 Å². The molecule has 0 radical (unpaired) electrons. The van der Waals surface area contributed by atoms with E-state index in [2.05, 4.69) is 5.32 Å². The number of hydrogen-bond donors (Lipinski definition) is 1. The summed E-state index contributed by atoms with van der Waals surface area (Å²) in [5.41, 5.74) is 0.788. The fraction of sp³-hybridized carbons (Fsp3) is 0.300. The second kappa shape index (κ2) is 5.11. The summed E-state index contributed by atoms with van der Waals surface area (Å²) in [6, 6.07) is 7.34. The van der Waals surface area contributed by atoms with Crippen LogP contribution in [0.2, 0.25) is 0 Å². The van der Waals surface area contributed by atoms with Gasteiger partial charge in [-0.25, -0.2) is 0 Å². The number of methoxy groups -OCH3 is 1. The first kappa shape index (κ1) is 10.4. The lowest BCUT2D eigenvalue weighted by atomic mass is 10.3. The Bertz CT molecular complexity index is 312. The summed E-state index contributed by atoms with van der Waals surface area (Å²) in [6.07, 6.45) is -0.0158. The highest BCUT2D eigenvalue weighted by atomic mass is 16.5. The summed E-state index contributed by atoms with van der Waals surface area (Å²) in [5.74, 6) is -0.363. The molecule has 0 fully saturated rings. The van der Waals surface area contributed by atoms with Gasteiger partial charge >= 0.3 is 0 Å². The molecule has 0 saturated heterocycles. The lowest BCUT2D eigenvalue weighted by molar-refractivity contribution is -0.305. The smallest absolute Gasteiger partial charge is 0.141 e. The zero-order valence-electron chi connectivity index (χ0n) is 7.95. The van der Waals surface area contributed by atoms with E-state index in [-0.39, 0.29) is 6.42 Å². The number of hydrogen-bond acceptors (Lipinski definition) is 4. The number of ether oxygens (including phenoxy) is 1. The maximum absolute atomic E-state index is 10.2. The molecule has 4 nitrogen and oxygen atoms in total. The Kier molecular flexibility index (Phi) is 3.79. The number of carbonyl (C=O) groups excluding carboxylic acids is 1. The molecule has 0 unspecified atom stereocenters. The third-order valence-corrected chi connectivity index (χ3v) is 1.75. The first-order valence-electron chi connectivity index (χ1n) is 4.31. The molecule has 0 saturated carbocycles. The third kappa shape index (κ3) is 2.97. The van der Waals surface area contributed by atoms with Gasteiger partial charge in [0.05, 0.1) is 12.8 Å². The van der Waals surface area contributed by atoms with Gasteiger partial charge in [0.1, 0.15) is 5.75 Å². The number of benzene rings is 1. The van der Waals surface area contributed by atoms with Crippen LogP contribution in [0.15, 0.2) is 24.3 Å². The Morgan fingerprint density at radius 1 is 1.50 bits per heavy atom. The highest BCUT2D eigenvalue weighted by Crippen LogP contribution is 2.22. The summed E-state index contributed by atoms with van der Waals surface area (Å²) in [4.78, 5) is 10.2. The van der Waals surface area contributed by atoms with E-state index in [1.165, 1.54) is 0 Å². The van der Waals surface area contributed by atoms with Crippen LogP contribution in [0.5, 0.6) is 5.75 Å². The number of nitrogens with one attached hydrogen (secondary N) is 1. The molecule has 1 aromatic carbocycles. The van der Waals surface area contributed by atoms with Crippen LogP contribution in [0.4, 0.5) is 5.69 Å². The van der Waals surface area contributed by atoms with Crippen LogP contribution in [0, 0.1) is 0 Å². The van der Waals surface area contributed by atoms with Crippen LogP contribution in [0.3, 0.4) is 0 Å². The van der Waals surface area contributed by atoms with E-state index in [4.69, 9.17) is 4.74 Å². The van der Waals surface area contributed by atoms with E-state index in [1.807, 2.05) is 18.2 Å². The van der Waals surface area contributed by atoms with Crippen molar-refractivity contribution < 1.29 is 14.6 Å². The van der Waals surface area contributed by atoms with Crippen molar-refractivity contribution in [3.05, 3.63) is 24.3 Å². The molecule has 76 valence electrons. The maximum Gasteiger partial charge on any atom is 0.141 e. The molecule has 4 heteroatoms. The van der Waals surface area contributed by atoms with Crippen LogP contribution in [-0.4, -0.2) is 19.6 Å². The predicted molar refractivity (Wildman–Crippen MR) is 51.1 cm³/mol. The topological polar surface area (TPSA) is 61.4 Å². The largest absolute Gasteiger partial charge is 0.550 e. The first-order valence-corrected chi connectivity index (χ1v) is 4.31. The Morgan fingerprint density at radius 2 is 2.21 bits per heavy atom. The lowest BCUT2D eigenvalue weighted by Gasteiger charge is -2.10. The monoisotopic (exact) mass is 194 g/mol. The van der Waals surface area contributed by atoms with Crippen molar-refractivity contribution in [2.75, 3.05) is 19.0 Å². The highest BCUT2D eigenvalue weighted by molar-refractivity contribution is 5.65. The summed E-state index contributed by atoms with van der Waals surface area (Å²) >= 11 is 0. The van der Waals surface area contributed by atoms with Gasteiger partial charge in [-0.1, -0.05) is 12.1 Å². The molecule has 0 aliphatic carbocycles. The van der Waals surface area contributed by atoms with Crippen LogP contribution in [0.25, 0.3) is 0 Å². The van der Waals surface area contributed by atoms with Gasteiger partial charge in [0.25, 0.3) is 0 Å². The molecular formula is C10H12NO3-. The van der Waals surface area contributed by atoms with Crippen molar-refractivity contribution in [3.8, 4) is 5.75 Å². The third-order valence-electron chi connectivity index (χ3n) is 1.75. The van der Waals surface area contributed by atoms with Gasteiger partial charge in [0, 0.05) is 18.9 Å². The fourth-order valence-electron chi connectivity index (χ4n) is 1.09. The molecule has 0 bridgehead atoms. The molecule has 0 spiro atoms. The number of rotatable bonds is 5. The molecule has 1 rings (SSSR count). The normalized spacial score (nSPS) is 9.50. The van der Waals surface area contributed by atoms with Gasteiger partial charge in [0.2, 0.25) is 0 Å². The molecule has 0 heterocycles. The van der Waals surface area contributed by atoms with Crippen LogP contribution in [-0.2, 0) is 4.79 Å². The highest BCUT2D eigenvalue weighted by Gasteiger charge is 1.99. The summed E-state index contributed by atoms with van der Waals surface area (Å²) in [7, 11) is 1.57. The molecule has 0 aromatic heterocycles. The summed E-state index contributed by atoms with van der Waals surface area (Å²) < 4.78 is 5.08. The first-order chi connectivity index (χ1) is 6.74. The second-order valence-corrected chi connectivity index (χ2v) is 2.75. The molecule has 14 heavy (non-hydrogen) atoms. The number of carboxylic acid groups (broad SMARTS) is 1. The second-order valence-electron chi connectivity index (χ2n) is 2.75. The standard InChI is InChI=1S/C10H13NO3/c1-14-9-5-3-2-4-8(9)11-7-6-10(12)13/h2-5,11H,6-7H2,1H3,(H,12,13)/p-1. The van der Waals surface area contributed by atoms with Crippen molar-refractivity contribution in [2.24, 2.45) is 0 Å². The number of aliphatic carboxylic acids is 1. The van der Waals surface area contributed by atoms with Gasteiger partial charge in [-0.05, 0) is 12.1 Å². The van der Waals surface area contributed by atoms with E-state index < -0.39 is 5.97 Å². The molecular weight excluding hydrogens is 182 g/mol. The number of para-hydroxylation sites is 2. The lowest BCUT2D eigenvalue weighted by Crippen LogP contribution is -2.24. The van der Waals surface area contributed by atoms with Crippen molar-refractivity contribution in [3.63, 3.8) is 0 Å².